The molecule has 0 aliphatic heterocycles. The predicted octanol–water partition coefficient (Wildman–Crippen LogP) is 3.79. The first kappa shape index (κ1) is 13.2. The van der Waals surface area contributed by atoms with E-state index < -0.39 is 0 Å². The molecule has 0 amide bonds. The van der Waals surface area contributed by atoms with Crippen LogP contribution < -0.4 is 5.32 Å². The molecule has 1 heterocycles. The van der Waals surface area contributed by atoms with Crippen LogP contribution in [0.4, 0.5) is 0 Å². The number of rotatable bonds is 5. The van der Waals surface area contributed by atoms with Crippen molar-refractivity contribution in [1.82, 2.24) is 10.3 Å². The zero-order valence-corrected chi connectivity index (χ0v) is 12.1. The second-order valence-corrected chi connectivity index (χ2v) is 5.63. The minimum absolute atomic E-state index is 0.870. The van der Waals surface area contributed by atoms with E-state index in [1.807, 2.05) is 0 Å². The number of nitrogens with zero attached hydrogens (tertiary/aromatic N) is 1. The van der Waals surface area contributed by atoms with Gasteiger partial charge >= 0.3 is 0 Å². The number of aryl methyl sites for hydroxylation is 2. The Morgan fingerprint density at radius 1 is 1.17 bits per heavy atom. The Labute approximate surface area is 113 Å². The molecule has 0 saturated carbocycles. The van der Waals surface area contributed by atoms with Gasteiger partial charge in [-0.1, -0.05) is 38.1 Å². The Kier molecular flexibility index (Phi) is 4.50. The van der Waals surface area contributed by atoms with Crippen LogP contribution in [0.2, 0.25) is 0 Å². The summed E-state index contributed by atoms with van der Waals surface area (Å²) in [5, 5.41) is 4.49. The molecule has 3 heteroatoms. The highest BCUT2D eigenvalue weighted by Gasteiger charge is 2.09. The van der Waals surface area contributed by atoms with Gasteiger partial charge in [0.25, 0.3) is 0 Å². The Morgan fingerprint density at radius 3 is 2.50 bits per heavy atom. The molecule has 0 aliphatic carbocycles. The summed E-state index contributed by atoms with van der Waals surface area (Å²) in [5.74, 6) is 0. The minimum atomic E-state index is 0.870. The van der Waals surface area contributed by atoms with Crippen molar-refractivity contribution in [2.75, 3.05) is 6.54 Å². The summed E-state index contributed by atoms with van der Waals surface area (Å²) in [6, 6.07) is 8.74. The highest BCUT2D eigenvalue weighted by atomic mass is 32.1. The van der Waals surface area contributed by atoms with Crippen LogP contribution in [-0.2, 0) is 13.0 Å². The fourth-order valence-electron chi connectivity index (χ4n) is 1.92. The summed E-state index contributed by atoms with van der Waals surface area (Å²) in [5.41, 5.74) is 3.73. The van der Waals surface area contributed by atoms with Crippen molar-refractivity contribution in [1.29, 1.82) is 0 Å². The van der Waals surface area contributed by atoms with Crippen LogP contribution in [0.3, 0.4) is 0 Å². The normalized spacial score (nSPS) is 10.8. The second kappa shape index (κ2) is 6.12. The molecular formula is C15H20N2S. The fourth-order valence-corrected chi connectivity index (χ4v) is 2.85. The molecule has 0 fully saturated rings. The van der Waals surface area contributed by atoms with Crippen LogP contribution in [0.1, 0.15) is 29.3 Å². The molecule has 2 nitrogen and oxygen atoms in total. The van der Waals surface area contributed by atoms with E-state index in [4.69, 9.17) is 4.98 Å². The van der Waals surface area contributed by atoms with Crippen molar-refractivity contribution in [3.05, 3.63) is 39.7 Å². The quantitative estimate of drug-likeness (QED) is 0.884. The summed E-state index contributed by atoms with van der Waals surface area (Å²) in [7, 11) is 0. The van der Waals surface area contributed by atoms with Gasteiger partial charge in [0, 0.05) is 17.0 Å². The Hall–Kier alpha value is -1.19. The van der Waals surface area contributed by atoms with Gasteiger partial charge < -0.3 is 5.32 Å². The average Bonchev–Trinajstić information content (AvgIpc) is 2.78. The molecule has 96 valence electrons. The molecule has 1 aromatic heterocycles. The van der Waals surface area contributed by atoms with Gasteiger partial charge in [-0.25, -0.2) is 4.98 Å². The molecule has 0 aliphatic rings. The Balaban J connectivity index is 2.23. The van der Waals surface area contributed by atoms with Gasteiger partial charge in [-0.2, -0.15) is 0 Å². The van der Waals surface area contributed by atoms with Gasteiger partial charge in [0.1, 0.15) is 5.01 Å². The van der Waals surface area contributed by atoms with E-state index in [2.05, 4.69) is 50.4 Å². The number of hydrogen-bond acceptors (Lipinski definition) is 3. The molecule has 0 spiro atoms. The van der Waals surface area contributed by atoms with Crippen molar-refractivity contribution >= 4 is 11.3 Å². The summed E-state index contributed by atoms with van der Waals surface area (Å²) >= 11 is 1.79. The molecule has 0 radical (unpaired) electrons. The van der Waals surface area contributed by atoms with Crippen LogP contribution in [0.15, 0.2) is 24.3 Å². The highest BCUT2D eigenvalue weighted by molar-refractivity contribution is 7.12. The SMILES string of the molecule is CCNCc1nc(-c2ccc(CC)cc2)c(C)s1. The number of thiazole rings is 1. The van der Waals surface area contributed by atoms with Gasteiger partial charge in [0.15, 0.2) is 0 Å². The zero-order chi connectivity index (χ0) is 13.0. The predicted molar refractivity (Wildman–Crippen MR) is 79.0 cm³/mol. The number of benzene rings is 1. The molecule has 0 unspecified atom stereocenters. The lowest BCUT2D eigenvalue weighted by molar-refractivity contribution is 0.723. The molecule has 2 aromatic rings. The van der Waals surface area contributed by atoms with Crippen LogP contribution in [0.5, 0.6) is 0 Å². The summed E-state index contributed by atoms with van der Waals surface area (Å²) in [6.07, 6.45) is 1.09. The molecule has 1 aromatic carbocycles. The van der Waals surface area contributed by atoms with Gasteiger partial charge in [-0.05, 0) is 25.5 Å². The largest absolute Gasteiger partial charge is 0.311 e. The summed E-state index contributed by atoms with van der Waals surface area (Å²) in [4.78, 5) is 6.03. The first-order valence-corrected chi connectivity index (χ1v) is 7.32. The van der Waals surface area contributed by atoms with E-state index in [1.165, 1.54) is 21.0 Å². The van der Waals surface area contributed by atoms with Gasteiger partial charge in [0.05, 0.1) is 5.69 Å². The van der Waals surface area contributed by atoms with Crippen LogP contribution in [-0.4, -0.2) is 11.5 Å². The molecule has 0 saturated heterocycles. The third-order valence-electron chi connectivity index (χ3n) is 3.00. The van der Waals surface area contributed by atoms with Crippen molar-refractivity contribution < 1.29 is 0 Å². The maximum Gasteiger partial charge on any atom is 0.107 e. The third-order valence-corrected chi connectivity index (χ3v) is 3.97. The topological polar surface area (TPSA) is 24.9 Å². The number of hydrogen-bond donors (Lipinski definition) is 1. The van der Waals surface area contributed by atoms with E-state index in [1.54, 1.807) is 11.3 Å². The molecule has 2 rings (SSSR count). The van der Waals surface area contributed by atoms with Crippen molar-refractivity contribution in [3.8, 4) is 11.3 Å². The standard InChI is InChI=1S/C15H20N2S/c1-4-12-6-8-13(9-7-12)15-11(3)18-14(17-15)10-16-5-2/h6-9,16H,4-5,10H2,1-3H3. The molecule has 18 heavy (non-hydrogen) atoms. The van der Waals surface area contributed by atoms with Gasteiger partial charge in [-0.3, -0.25) is 0 Å². The van der Waals surface area contributed by atoms with Crippen molar-refractivity contribution in [3.63, 3.8) is 0 Å². The van der Waals surface area contributed by atoms with Gasteiger partial charge in [0.2, 0.25) is 0 Å². The second-order valence-electron chi connectivity index (χ2n) is 4.34. The first-order valence-electron chi connectivity index (χ1n) is 6.51. The van der Waals surface area contributed by atoms with Crippen molar-refractivity contribution in [2.45, 2.75) is 33.7 Å². The summed E-state index contributed by atoms with van der Waals surface area (Å²) < 4.78 is 0. The molecule has 0 bridgehead atoms. The number of aromatic nitrogens is 1. The average molecular weight is 260 g/mol. The Bertz CT molecular complexity index is 500. The van der Waals surface area contributed by atoms with E-state index in [0.717, 1.165) is 25.2 Å². The Morgan fingerprint density at radius 2 is 1.89 bits per heavy atom. The molecular weight excluding hydrogens is 240 g/mol. The van der Waals surface area contributed by atoms with E-state index in [-0.39, 0.29) is 0 Å². The van der Waals surface area contributed by atoms with Crippen LogP contribution in [0.25, 0.3) is 11.3 Å². The van der Waals surface area contributed by atoms with E-state index in [9.17, 15) is 0 Å². The third kappa shape index (κ3) is 2.98. The zero-order valence-electron chi connectivity index (χ0n) is 11.3. The fraction of sp³-hybridized carbons (Fsp3) is 0.400. The van der Waals surface area contributed by atoms with E-state index in [0.29, 0.717) is 0 Å². The van der Waals surface area contributed by atoms with Crippen LogP contribution >= 0.6 is 11.3 Å². The maximum absolute atomic E-state index is 4.73. The van der Waals surface area contributed by atoms with Crippen molar-refractivity contribution in [2.24, 2.45) is 0 Å². The lowest BCUT2D eigenvalue weighted by Gasteiger charge is -2.01. The maximum atomic E-state index is 4.73. The smallest absolute Gasteiger partial charge is 0.107 e. The summed E-state index contributed by atoms with van der Waals surface area (Å²) in [6.45, 7) is 8.30. The molecule has 1 N–H and O–H groups in total. The van der Waals surface area contributed by atoms with Gasteiger partial charge in [-0.15, -0.1) is 11.3 Å². The van der Waals surface area contributed by atoms with E-state index >= 15 is 0 Å². The molecule has 0 atom stereocenters. The number of nitrogens with one attached hydrogen (secondary N) is 1. The minimum Gasteiger partial charge on any atom is -0.311 e. The lowest BCUT2D eigenvalue weighted by Crippen LogP contribution is -2.11. The monoisotopic (exact) mass is 260 g/mol. The first-order chi connectivity index (χ1) is 8.74. The highest BCUT2D eigenvalue weighted by Crippen LogP contribution is 2.27. The lowest BCUT2D eigenvalue weighted by atomic mass is 10.1. The van der Waals surface area contributed by atoms with Crippen LogP contribution in [0, 0.1) is 6.92 Å².